The zero-order chi connectivity index (χ0) is 45.3. The topological polar surface area (TPSA) is 169 Å². The summed E-state index contributed by atoms with van der Waals surface area (Å²) in [6.45, 7) is 3.77. The maximum Gasteiger partial charge on any atom is 0.335 e. The number of carboxylic acids is 1. The number of ether oxygens (including phenoxy) is 4. The lowest BCUT2D eigenvalue weighted by atomic mass is 9.99. The molecule has 362 valence electrons. The second-order valence-electron chi connectivity index (χ2n) is 17.7. The van der Waals surface area contributed by atoms with Gasteiger partial charge in [-0.2, -0.15) is 0 Å². The molecule has 0 radical (unpaired) electrons. The van der Waals surface area contributed by atoms with Crippen LogP contribution < -0.4 is 0 Å². The van der Waals surface area contributed by atoms with Crippen LogP contribution in [0.3, 0.4) is 0 Å². The second-order valence-corrected chi connectivity index (χ2v) is 17.7. The third kappa shape index (κ3) is 32.4. The molecule has 0 aromatic heterocycles. The second kappa shape index (κ2) is 41.4. The minimum atomic E-state index is -1.86. The van der Waals surface area contributed by atoms with Crippen LogP contribution in [-0.4, -0.2) is 88.4 Å². The predicted molar refractivity (Wildman–Crippen MR) is 248 cm³/mol. The Morgan fingerprint density at radius 1 is 0.500 bits per heavy atom. The monoisotopic (exact) mass is 881 g/mol. The van der Waals surface area contributed by atoms with E-state index >= 15 is 0 Å². The van der Waals surface area contributed by atoms with Gasteiger partial charge in [-0.25, -0.2) is 4.79 Å². The highest BCUT2D eigenvalue weighted by atomic mass is 16.7. The normalized spacial score (nSPS) is 19.7. The largest absolute Gasteiger partial charge is 0.479 e. The fourth-order valence-corrected chi connectivity index (χ4v) is 7.80. The summed E-state index contributed by atoms with van der Waals surface area (Å²) in [6.07, 6.45) is 38.1. The van der Waals surface area contributed by atoms with Crippen LogP contribution in [0.25, 0.3) is 0 Å². The van der Waals surface area contributed by atoms with E-state index in [1.165, 1.54) is 128 Å². The first kappa shape index (κ1) is 57.7. The number of aliphatic hydroxyl groups is 3. The van der Waals surface area contributed by atoms with E-state index in [-0.39, 0.29) is 19.4 Å². The van der Waals surface area contributed by atoms with E-state index in [1.54, 1.807) is 0 Å². The van der Waals surface area contributed by atoms with Crippen LogP contribution in [0.1, 0.15) is 232 Å². The summed E-state index contributed by atoms with van der Waals surface area (Å²) in [5.74, 6) is -2.45. The van der Waals surface area contributed by atoms with Crippen LogP contribution >= 0.6 is 0 Å². The summed E-state index contributed by atoms with van der Waals surface area (Å²) in [7, 11) is 0. The molecule has 0 spiro atoms. The summed E-state index contributed by atoms with van der Waals surface area (Å²) in [4.78, 5) is 36.9. The molecule has 6 unspecified atom stereocenters. The number of hydrogen-bond donors (Lipinski definition) is 4. The Morgan fingerprint density at radius 3 is 1.40 bits per heavy atom. The Hall–Kier alpha value is -2.31. The average Bonchev–Trinajstić information content (AvgIpc) is 3.26. The van der Waals surface area contributed by atoms with Gasteiger partial charge in [-0.1, -0.05) is 205 Å². The van der Waals surface area contributed by atoms with Gasteiger partial charge in [0.25, 0.3) is 0 Å². The van der Waals surface area contributed by atoms with Crippen molar-refractivity contribution in [2.24, 2.45) is 0 Å². The number of allylic oxidation sites excluding steroid dienone is 4. The van der Waals surface area contributed by atoms with Gasteiger partial charge in [0, 0.05) is 12.8 Å². The van der Waals surface area contributed by atoms with E-state index < -0.39 is 61.3 Å². The third-order valence-electron chi connectivity index (χ3n) is 11.8. The van der Waals surface area contributed by atoms with Crippen LogP contribution in [0.15, 0.2) is 24.3 Å². The summed E-state index contributed by atoms with van der Waals surface area (Å²) in [5.41, 5.74) is 0. The first-order valence-corrected chi connectivity index (χ1v) is 25.4. The zero-order valence-electron chi connectivity index (χ0n) is 39.4. The van der Waals surface area contributed by atoms with Gasteiger partial charge in [-0.15, -0.1) is 0 Å². The summed E-state index contributed by atoms with van der Waals surface area (Å²) >= 11 is 0. The van der Waals surface area contributed by atoms with Crippen molar-refractivity contribution in [1.82, 2.24) is 0 Å². The third-order valence-corrected chi connectivity index (χ3v) is 11.8. The molecule has 1 saturated heterocycles. The molecule has 0 aliphatic carbocycles. The lowest BCUT2D eigenvalue weighted by Crippen LogP contribution is -2.60. The molecule has 0 amide bonds. The summed E-state index contributed by atoms with van der Waals surface area (Å²) in [5, 5.41) is 39.9. The molecule has 0 saturated carbocycles. The van der Waals surface area contributed by atoms with Crippen molar-refractivity contribution < 1.29 is 53.8 Å². The van der Waals surface area contributed by atoms with Crippen LogP contribution in [0, 0.1) is 0 Å². The minimum absolute atomic E-state index is 0.185. The Morgan fingerprint density at radius 2 is 0.935 bits per heavy atom. The first-order chi connectivity index (χ1) is 30.2. The zero-order valence-corrected chi connectivity index (χ0v) is 39.4. The van der Waals surface area contributed by atoms with Crippen molar-refractivity contribution in [2.75, 3.05) is 13.2 Å². The fourth-order valence-electron chi connectivity index (χ4n) is 7.80. The maximum atomic E-state index is 12.8. The highest BCUT2D eigenvalue weighted by molar-refractivity contribution is 5.73. The lowest BCUT2D eigenvalue weighted by molar-refractivity contribution is -0.298. The van der Waals surface area contributed by atoms with E-state index in [9.17, 15) is 34.8 Å². The Labute approximate surface area is 377 Å². The van der Waals surface area contributed by atoms with Crippen molar-refractivity contribution in [3.8, 4) is 0 Å². The Balaban J connectivity index is 2.26. The van der Waals surface area contributed by atoms with Gasteiger partial charge in [0.1, 0.15) is 24.9 Å². The lowest BCUT2D eigenvalue weighted by Gasteiger charge is -2.38. The molecule has 1 heterocycles. The summed E-state index contributed by atoms with van der Waals surface area (Å²) < 4.78 is 21.8. The van der Waals surface area contributed by atoms with E-state index in [0.29, 0.717) is 12.8 Å². The molecule has 62 heavy (non-hydrogen) atoms. The molecule has 1 fully saturated rings. The number of carbonyl (C=O) groups is 3. The van der Waals surface area contributed by atoms with Gasteiger partial charge in [-0.3, -0.25) is 9.59 Å². The van der Waals surface area contributed by atoms with Crippen molar-refractivity contribution >= 4 is 17.9 Å². The van der Waals surface area contributed by atoms with Crippen molar-refractivity contribution in [2.45, 2.75) is 269 Å². The number of aliphatic carboxylic acids is 1. The molecule has 1 rings (SSSR count). The van der Waals surface area contributed by atoms with Gasteiger partial charge < -0.3 is 39.4 Å². The molecule has 0 bridgehead atoms. The summed E-state index contributed by atoms with van der Waals surface area (Å²) in [6, 6.07) is 0. The predicted octanol–water partition coefficient (Wildman–Crippen LogP) is 11.8. The fraction of sp³-hybridized carbons (Fsp3) is 0.863. The van der Waals surface area contributed by atoms with Gasteiger partial charge in [0.05, 0.1) is 6.61 Å². The van der Waals surface area contributed by atoms with E-state index in [1.807, 2.05) is 0 Å². The number of aliphatic hydroxyl groups excluding tert-OH is 3. The van der Waals surface area contributed by atoms with Crippen molar-refractivity contribution in [3.63, 3.8) is 0 Å². The number of esters is 2. The van der Waals surface area contributed by atoms with E-state index in [0.717, 1.165) is 64.2 Å². The molecule has 4 N–H and O–H groups in total. The van der Waals surface area contributed by atoms with Crippen molar-refractivity contribution in [1.29, 1.82) is 0 Å². The molecule has 11 nitrogen and oxygen atoms in total. The molecular weight excluding hydrogens is 789 g/mol. The molecule has 6 atom stereocenters. The smallest absolute Gasteiger partial charge is 0.335 e. The van der Waals surface area contributed by atoms with Gasteiger partial charge in [-0.05, 0) is 38.5 Å². The molecular formula is C51H92O11. The van der Waals surface area contributed by atoms with Gasteiger partial charge in [0.15, 0.2) is 18.5 Å². The van der Waals surface area contributed by atoms with E-state index in [2.05, 4.69) is 38.2 Å². The average molecular weight is 881 g/mol. The highest BCUT2D eigenvalue weighted by Crippen LogP contribution is 2.23. The van der Waals surface area contributed by atoms with Crippen LogP contribution in [-0.2, 0) is 33.3 Å². The Bertz CT molecular complexity index is 1130. The van der Waals surface area contributed by atoms with Crippen LogP contribution in [0.5, 0.6) is 0 Å². The molecule has 0 aromatic rings. The number of rotatable bonds is 43. The van der Waals surface area contributed by atoms with Gasteiger partial charge >= 0.3 is 17.9 Å². The quantitative estimate of drug-likeness (QED) is 0.0261. The van der Waals surface area contributed by atoms with Crippen LogP contribution in [0.4, 0.5) is 0 Å². The molecule has 11 heteroatoms. The minimum Gasteiger partial charge on any atom is -0.479 e. The number of hydrogen-bond acceptors (Lipinski definition) is 10. The molecule has 1 aliphatic heterocycles. The Kier molecular flexibility index (Phi) is 38.5. The van der Waals surface area contributed by atoms with Crippen molar-refractivity contribution in [3.05, 3.63) is 24.3 Å². The van der Waals surface area contributed by atoms with Crippen LogP contribution in [0.2, 0.25) is 0 Å². The van der Waals surface area contributed by atoms with E-state index in [4.69, 9.17) is 18.9 Å². The number of unbranched alkanes of at least 4 members (excludes halogenated alkanes) is 28. The number of carbonyl (C=O) groups excluding carboxylic acids is 2. The number of carboxylic acid groups (broad SMARTS) is 1. The highest BCUT2D eigenvalue weighted by Gasteiger charge is 2.47. The first-order valence-electron chi connectivity index (χ1n) is 25.4. The SMILES string of the molecule is CCC/C=C\C/C=C\CCCCCCCC(=O)OCC(COC1OC(C(=O)O)C(O)C(O)C1O)OC(=O)CCCCCCCCCCCCCCCCCCCCCCCCC. The van der Waals surface area contributed by atoms with Gasteiger partial charge in [0.2, 0.25) is 0 Å². The molecule has 0 aromatic carbocycles. The molecule has 1 aliphatic rings. The maximum absolute atomic E-state index is 12.8. The standard InChI is InChI=1S/C51H92O11/c1-3-5-7-9-11-13-15-17-18-19-20-21-22-23-24-25-26-28-30-32-34-36-38-40-45(53)61-43(42-60-51-48(56)46(54)47(55)49(62-51)50(57)58)41-59-44(52)39-37-35-33-31-29-27-16-14-12-10-8-6-4-2/h8,10,14,16,43,46-49,51,54-56H,3-7,9,11-13,15,17-42H2,1-2H3,(H,57,58)/b10-8-,16-14-.